The number of alkyl halides is 3. The van der Waals surface area contributed by atoms with Crippen LogP contribution in [0.3, 0.4) is 0 Å². The summed E-state index contributed by atoms with van der Waals surface area (Å²) in [5, 5.41) is 14.2. The Morgan fingerprint density at radius 2 is 1.90 bits per heavy atom. The number of aromatic nitrogens is 4. The van der Waals surface area contributed by atoms with Crippen LogP contribution in [0.2, 0.25) is 0 Å². The maximum atomic E-state index is 14.3. The number of hydrogen-bond donors (Lipinski definition) is 1. The van der Waals surface area contributed by atoms with E-state index in [1.807, 2.05) is 31.3 Å². The van der Waals surface area contributed by atoms with Crippen LogP contribution in [0, 0.1) is 18.8 Å². The number of imidazole rings is 1. The molecule has 0 spiro atoms. The third-order valence-corrected chi connectivity index (χ3v) is 9.01. The summed E-state index contributed by atoms with van der Waals surface area (Å²) >= 11 is 0. The second kappa shape index (κ2) is 11.4. The van der Waals surface area contributed by atoms with Gasteiger partial charge in [-0.3, -0.25) is 18.5 Å². The van der Waals surface area contributed by atoms with Gasteiger partial charge in [-0.15, -0.1) is 0 Å². The zero-order valence-corrected chi connectivity index (χ0v) is 24.1. The van der Waals surface area contributed by atoms with Crippen LogP contribution >= 0.6 is 0 Å². The van der Waals surface area contributed by atoms with Gasteiger partial charge in [-0.25, -0.2) is 4.79 Å². The van der Waals surface area contributed by atoms with Gasteiger partial charge in [-0.2, -0.15) is 18.3 Å². The van der Waals surface area contributed by atoms with E-state index in [0.29, 0.717) is 36.2 Å². The molecule has 0 unspecified atom stereocenters. The molecule has 10 heteroatoms. The van der Waals surface area contributed by atoms with Crippen molar-refractivity contribution in [3.05, 3.63) is 87.4 Å². The molecule has 3 aromatic heterocycles. The van der Waals surface area contributed by atoms with Crippen molar-refractivity contribution in [1.29, 1.82) is 0 Å². The second-order valence-electron chi connectivity index (χ2n) is 12.2. The van der Waals surface area contributed by atoms with E-state index in [4.69, 9.17) is 5.10 Å². The van der Waals surface area contributed by atoms with E-state index in [1.54, 1.807) is 16.9 Å². The molecule has 1 saturated carbocycles. The Morgan fingerprint density at radius 3 is 2.60 bits per heavy atom. The van der Waals surface area contributed by atoms with Crippen molar-refractivity contribution < 1.29 is 18.3 Å². The molecule has 0 amide bonds. The number of aliphatic hydroxyl groups excluding tert-OH is 1. The SMILES string of the molecule is Cc1cn(CCO)nc1[C@H](c1cccc(-n2cc3c(C(F)(F)F)cc(CN4CCC[C@H](C)C4)cn3c2=O)c1)C1CCC1. The Balaban J connectivity index is 1.41. The van der Waals surface area contributed by atoms with Crippen LogP contribution in [0.25, 0.3) is 11.2 Å². The highest BCUT2D eigenvalue weighted by Gasteiger charge is 2.35. The number of rotatable bonds is 8. The molecule has 2 atom stereocenters. The highest BCUT2D eigenvalue weighted by atomic mass is 19.4. The van der Waals surface area contributed by atoms with Crippen LogP contribution in [0.1, 0.15) is 72.9 Å². The molecule has 1 N–H and O–H groups in total. The van der Waals surface area contributed by atoms with Crippen LogP contribution in [-0.2, 0) is 19.3 Å². The van der Waals surface area contributed by atoms with Crippen molar-refractivity contribution >= 4 is 5.52 Å². The fourth-order valence-corrected chi connectivity index (χ4v) is 6.79. The molecular weight excluding hydrogens is 543 g/mol. The first-order valence-electron chi connectivity index (χ1n) is 14.9. The van der Waals surface area contributed by atoms with E-state index >= 15 is 0 Å². The Kier molecular flexibility index (Phi) is 7.78. The summed E-state index contributed by atoms with van der Waals surface area (Å²) in [5.74, 6) is 0.880. The zero-order valence-electron chi connectivity index (χ0n) is 24.1. The third-order valence-electron chi connectivity index (χ3n) is 9.01. The second-order valence-corrected chi connectivity index (χ2v) is 12.2. The van der Waals surface area contributed by atoms with Crippen LogP contribution < -0.4 is 5.69 Å². The molecule has 42 heavy (non-hydrogen) atoms. The van der Waals surface area contributed by atoms with E-state index in [-0.39, 0.29) is 18.0 Å². The number of fused-ring (bicyclic) bond motifs is 1. The minimum Gasteiger partial charge on any atom is -0.394 e. The molecular formula is C32H38F3N5O2. The highest BCUT2D eigenvalue weighted by Crippen LogP contribution is 2.44. The fraction of sp³-hybridized carbons (Fsp3) is 0.500. The number of aryl methyl sites for hydroxylation is 1. The number of pyridine rings is 1. The quantitative estimate of drug-likeness (QED) is 0.287. The minimum absolute atomic E-state index is 0.00403. The van der Waals surface area contributed by atoms with Crippen LogP contribution in [0.15, 0.2) is 53.7 Å². The number of halogens is 3. The smallest absolute Gasteiger partial charge is 0.394 e. The molecule has 6 rings (SSSR count). The zero-order chi connectivity index (χ0) is 29.6. The van der Waals surface area contributed by atoms with Gasteiger partial charge >= 0.3 is 11.9 Å². The number of benzene rings is 1. The van der Waals surface area contributed by atoms with Gasteiger partial charge in [-0.05, 0) is 85.9 Å². The third kappa shape index (κ3) is 5.54. The molecule has 224 valence electrons. The van der Waals surface area contributed by atoms with Crippen molar-refractivity contribution in [3.8, 4) is 5.69 Å². The molecule has 4 heterocycles. The number of nitrogens with zero attached hydrogens (tertiary/aromatic N) is 5. The van der Waals surface area contributed by atoms with Crippen LogP contribution in [-0.4, -0.2) is 48.5 Å². The lowest BCUT2D eigenvalue weighted by molar-refractivity contribution is -0.136. The summed E-state index contributed by atoms with van der Waals surface area (Å²) in [5.41, 5.74) is 2.49. The molecule has 0 radical (unpaired) electrons. The molecule has 2 aliphatic rings. The average Bonchev–Trinajstić information content (AvgIpc) is 3.44. The van der Waals surface area contributed by atoms with Gasteiger partial charge in [0.1, 0.15) is 0 Å². The molecule has 1 aromatic carbocycles. The Hall–Kier alpha value is -3.37. The van der Waals surface area contributed by atoms with Crippen molar-refractivity contribution in [2.45, 2.75) is 71.1 Å². The topological polar surface area (TPSA) is 67.7 Å². The molecule has 4 aromatic rings. The minimum atomic E-state index is -4.60. The Bertz CT molecular complexity index is 1630. The largest absolute Gasteiger partial charge is 0.418 e. The van der Waals surface area contributed by atoms with E-state index in [1.165, 1.54) is 16.8 Å². The fourth-order valence-electron chi connectivity index (χ4n) is 6.79. The maximum absolute atomic E-state index is 14.3. The lowest BCUT2D eigenvalue weighted by Crippen LogP contribution is -2.34. The average molecular weight is 582 g/mol. The first-order chi connectivity index (χ1) is 20.1. The number of piperidine rings is 1. The molecule has 1 aliphatic heterocycles. The first-order valence-corrected chi connectivity index (χ1v) is 14.9. The number of likely N-dealkylation sites (tertiary alicyclic amines) is 1. The lowest BCUT2D eigenvalue weighted by atomic mass is 9.71. The van der Waals surface area contributed by atoms with Crippen molar-refractivity contribution in [1.82, 2.24) is 23.6 Å². The van der Waals surface area contributed by atoms with Gasteiger partial charge in [0, 0.05) is 37.6 Å². The summed E-state index contributed by atoms with van der Waals surface area (Å²) in [4.78, 5) is 15.9. The molecule has 7 nitrogen and oxygen atoms in total. The predicted octanol–water partition coefficient (Wildman–Crippen LogP) is 5.77. The number of aliphatic hydroxyl groups is 1. The first kappa shape index (κ1) is 28.7. The summed E-state index contributed by atoms with van der Waals surface area (Å²) in [7, 11) is 0. The standard InChI is InChI=1S/C32H38F3N5O2/c1-21-6-5-11-37(16-21)18-23-14-27(32(33,34)35)28-20-39(31(42)40(28)19-23)26-10-4-9-25(15-26)29(24-7-3-8-24)30-22(2)17-38(36-30)12-13-41/h4,9-10,14-15,17,19-21,24,29,41H,3,5-8,11-13,16,18H2,1-2H3/t21-,29-/m0/s1. The van der Waals surface area contributed by atoms with E-state index in [9.17, 15) is 23.1 Å². The highest BCUT2D eigenvalue weighted by molar-refractivity contribution is 5.58. The maximum Gasteiger partial charge on any atom is 0.418 e. The van der Waals surface area contributed by atoms with Crippen LogP contribution in [0.5, 0.6) is 0 Å². The van der Waals surface area contributed by atoms with Crippen molar-refractivity contribution in [2.75, 3.05) is 19.7 Å². The summed E-state index contributed by atoms with van der Waals surface area (Å²) in [6.07, 6.45) is 5.62. The van der Waals surface area contributed by atoms with Gasteiger partial charge < -0.3 is 5.11 Å². The monoisotopic (exact) mass is 581 g/mol. The molecule has 1 saturated heterocycles. The lowest BCUT2D eigenvalue weighted by Gasteiger charge is -2.34. The normalized spacial score (nSPS) is 19.3. The molecule has 2 fully saturated rings. The van der Waals surface area contributed by atoms with Crippen LogP contribution in [0.4, 0.5) is 13.2 Å². The van der Waals surface area contributed by atoms with Gasteiger partial charge in [0.2, 0.25) is 0 Å². The summed E-state index contributed by atoms with van der Waals surface area (Å²) in [6, 6.07) is 8.75. The van der Waals surface area contributed by atoms with E-state index in [2.05, 4.69) is 11.8 Å². The Labute approximate surface area is 243 Å². The van der Waals surface area contributed by atoms with Crippen molar-refractivity contribution in [2.24, 2.45) is 11.8 Å². The molecule has 0 bridgehead atoms. The Morgan fingerprint density at radius 1 is 1.10 bits per heavy atom. The summed E-state index contributed by atoms with van der Waals surface area (Å²) in [6.45, 7) is 6.62. The van der Waals surface area contributed by atoms with Gasteiger partial charge in [0.15, 0.2) is 0 Å². The van der Waals surface area contributed by atoms with E-state index < -0.39 is 17.4 Å². The van der Waals surface area contributed by atoms with E-state index in [0.717, 1.165) is 66.4 Å². The van der Waals surface area contributed by atoms with Gasteiger partial charge in [-0.1, -0.05) is 25.5 Å². The van der Waals surface area contributed by atoms with Crippen molar-refractivity contribution in [3.63, 3.8) is 0 Å². The predicted molar refractivity (Wildman–Crippen MR) is 155 cm³/mol. The van der Waals surface area contributed by atoms with Gasteiger partial charge in [0.05, 0.1) is 35.6 Å². The molecule has 1 aliphatic carbocycles. The summed E-state index contributed by atoms with van der Waals surface area (Å²) < 4.78 is 47.2. The number of hydrogen-bond acceptors (Lipinski definition) is 4. The van der Waals surface area contributed by atoms with Gasteiger partial charge in [0.25, 0.3) is 0 Å².